The highest BCUT2D eigenvalue weighted by atomic mass is 32.2. The van der Waals surface area contributed by atoms with E-state index >= 15 is 4.39 Å². The number of halogens is 2. The molecule has 1 fully saturated rings. The van der Waals surface area contributed by atoms with Crippen molar-refractivity contribution in [1.29, 1.82) is 0 Å². The van der Waals surface area contributed by atoms with E-state index in [2.05, 4.69) is 35.4 Å². The number of carbonyl (C=O) groups is 1. The van der Waals surface area contributed by atoms with E-state index in [4.69, 9.17) is 4.74 Å². The van der Waals surface area contributed by atoms with Gasteiger partial charge in [0, 0.05) is 56.7 Å². The normalized spacial score (nSPS) is 15.5. The van der Waals surface area contributed by atoms with Crippen LogP contribution < -0.4 is 10.6 Å². The summed E-state index contributed by atoms with van der Waals surface area (Å²) >= 11 is 0. The van der Waals surface area contributed by atoms with Crippen molar-refractivity contribution in [3.63, 3.8) is 0 Å². The first-order valence-electron chi connectivity index (χ1n) is 13.2. The van der Waals surface area contributed by atoms with Gasteiger partial charge in [0.25, 0.3) is 0 Å². The predicted octanol–water partition coefficient (Wildman–Crippen LogP) is 3.25. The number of carbonyl (C=O) groups excluding carboxylic acids is 1. The Bertz CT molecular complexity index is 1720. The lowest BCUT2D eigenvalue weighted by atomic mass is 10.1. The molecule has 3 N–H and O–H groups in total. The van der Waals surface area contributed by atoms with Crippen molar-refractivity contribution in [2.75, 3.05) is 63.8 Å². The number of sulfone groups is 1. The van der Waals surface area contributed by atoms with Crippen LogP contribution in [0.15, 0.2) is 53.7 Å². The maximum absolute atomic E-state index is 15.0. The maximum atomic E-state index is 15.0. The molecule has 0 saturated carbocycles. The highest BCUT2D eigenvalue weighted by Crippen LogP contribution is 2.34. The number of piperazine rings is 1. The van der Waals surface area contributed by atoms with Crippen LogP contribution in [0.25, 0.3) is 22.2 Å². The molecule has 2 aromatic carbocycles. The molecule has 5 rings (SSSR count). The zero-order valence-electron chi connectivity index (χ0n) is 23.3. The Morgan fingerprint density at radius 2 is 1.83 bits per heavy atom. The molecule has 11 nitrogen and oxygen atoms in total. The molecular weight excluding hydrogens is 568 g/mol. The minimum absolute atomic E-state index is 0.0726. The fourth-order valence-corrected chi connectivity index (χ4v) is 5.70. The Hall–Kier alpha value is -3.98. The van der Waals surface area contributed by atoms with Crippen LogP contribution in [0, 0.1) is 11.6 Å². The van der Waals surface area contributed by atoms with E-state index in [0.717, 1.165) is 44.7 Å². The van der Waals surface area contributed by atoms with Crippen LogP contribution in [-0.2, 0) is 19.4 Å². The molecule has 1 aliphatic rings. The first-order chi connectivity index (χ1) is 20.1. The molecule has 1 atom stereocenters. The minimum Gasteiger partial charge on any atom is -0.383 e. The summed E-state index contributed by atoms with van der Waals surface area (Å²) in [5.74, 6) is -2.07. The Kier molecular flexibility index (Phi) is 8.50. The third-order valence-corrected chi connectivity index (χ3v) is 8.30. The second-order valence-electron chi connectivity index (χ2n) is 10.1. The number of nitrogens with zero attached hydrogens (tertiary/aromatic N) is 4. The van der Waals surface area contributed by atoms with Crippen molar-refractivity contribution in [3.8, 4) is 11.3 Å². The number of hydrogen-bond acceptors (Lipinski definition) is 9. The molecule has 0 spiro atoms. The number of aromatic nitrogens is 3. The molecule has 2 aromatic heterocycles. The number of amides is 1. The molecule has 3 heterocycles. The van der Waals surface area contributed by atoms with Gasteiger partial charge in [-0.15, -0.1) is 0 Å². The number of anilines is 3. The third-order valence-electron chi connectivity index (χ3n) is 7.19. The van der Waals surface area contributed by atoms with Gasteiger partial charge in [-0.3, -0.25) is 9.69 Å². The summed E-state index contributed by atoms with van der Waals surface area (Å²) in [6.45, 7) is 3.40. The van der Waals surface area contributed by atoms with Gasteiger partial charge in [0.2, 0.25) is 11.9 Å². The standard InChI is InChI=1S/C28H31F2N7O4S/c1-36-10-12-37(13-11-36)22(16-41-2)27(38)33-21-8-4-6-17-18(14-31-26(17)21)25-19(29)15-32-28(35-25)34-20-7-5-9-23(24(20)30)42(3,39)40/h4-9,14-15,22,31H,10-13,16H2,1-3H3,(H,33,38)(H,32,34,35). The van der Waals surface area contributed by atoms with Gasteiger partial charge in [0.05, 0.1) is 29.7 Å². The molecule has 14 heteroatoms. The first kappa shape index (κ1) is 29.5. The van der Waals surface area contributed by atoms with Gasteiger partial charge in [-0.05, 0) is 25.2 Å². The van der Waals surface area contributed by atoms with Gasteiger partial charge >= 0.3 is 0 Å². The number of benzene rings is 2. The summed E-state index contributed by atoms with van der Waals surface area (Å²) in [5, 5.41) is 6.22. The topological polar surface area (TPSA) is 133 Å². The van der Waals surface area contributed by atoms with Crippen LogP contribution in [0.5, 0.6) is 0 Å². The van der Waals surface area contributed by atoms with Crippen LogP contribution >= 0.6 is 0 Å². The molecule has 1 aliphatic heterocycles. The summed E-state index contributed by atoms with van der Waals surface area (Å²) in [6.07, 6.45) is 3.41. The Labute approximate surface area is 241 Å². The fraction of sp³-hybridized carbons (Fsp3) is 0.321. The van der Waals surface area contributed by atoms with Crippen molar-refractivity contribution in [3.05, 3.63) is 60.4 Å². The number of rotatable bonds is 9. The van der Waals surface area contributed by atoms with E-state index in [1.54, 1.807) is 31.5 Å². The SMILES string of the molecule is COCC(C(=O)Nc1cccc2c(-c3nc(Nc4cccc(S(C)(=O)=O)c4F)ncc3F)c[nH]c12)N1CCN(C)CC1. The molecule has 0 radical (unpaired) electrons. The van der Waals surface area contributed by atoms with Gasteiger partial charge in [-0.2, -0.15) is 0 Å². The van der Waals surface area contributed by atoms with Crippen LogP contribution in [0.3, 0.4) is 0 Å². The van der Waals surface area contributed by atoms with Crippen molar-refractivity contribution in [2.45, 2.75) is 10.9 Å². The Morgan fingerprint density at radius 1 is 1.12 bits per heavy atom. The zero-order valence-corrected chi connectivity index (χ0v) is 24.1. The number of fused-ring (bicyclic) bond motifs is 1. The lowest BCUT2D eigenvalue weighted by Gasteiger charge is -2.36. The van der Waals surface area contributed by atoms with Gasteiger partial charge < -0.3 is 25.3 Å². The summed E-state index contributed by atoms with van der Waals surface area (Å²) in [6, 6.07) is 8.61. The molecule has 4 aromatic rings. The molecule has 0 bridgehead atoms. The van der Waals surface area contributed by atoms with Crippen molar-refractivity contribution in [1.82, 2.24) is 24.8 Å². The number of H-pyrrole nitrogens is 1. The quantitative estimate of drug-likeness (QED) is 0.265. The zero-order chi connectivity index (χ0) is 30.0. The maximum Gasteiger partial charge on any atom is 0.244 e. The Balaban J connectivity index is 1.43. The van der Waals surface area contributed by atoms with E-state index in [9.17, 15) is 17.6 Å². The summed E-state index contributed by atoms with van der Waals surface area (Å²) in [4.78, 5) is 28.4. The number of aromatic amines is 1. The summed E-state index contributed by atoms with van der Waals surface area (Å²) in [7, 11) is -0.213. The van der Waals surface area contributed by atoms with Gasteiger partial charge in [-0.1, -0.05) is 18.2 Å². The van der Waals surface area contributed by atoms with Crippen LogP contribution in [0.1, 0.15) is 0 Å². The number of para-hydroxylation sites is 1. The molecule has 1 saturated heterocycles. The van der Waals surface area contributed by atoms with E-state index < -0.39 is 32.4 Å². The largest absolute Gasteiger partial charge is 0.383 e. The second-order valence-corrected chi connectivity index (χ2v) is 12.1. The molecule has 1 amide bonds. The van der Waals surface area contributed by atoms with E-state index in [1.807, 2.05) is 7.05 Å². The average Bonchev–Trinajstić information content (AvgIpc) is 3.39. The second kappa shape index (κ2) is 12.1. The van der Waals surface area contributed by atoms with Crippen LogP contribution in [0.2, 0.25) is 0 Å². The Morgan fingerprint density at radius 3 is 2.55 bits per heavy atom. The average molecular weight is 600 g/mol. The van der Waals surface area contributed by atoms with Gasteiger partial charge in [0.15, 0.2) is 21.5 Å². The summed E-state index contributed by atoms with van der Waals surface area (Å²) < 4.78 is 59.1. The minimum atomic E-state index is -3.81. The van der Waals surface area contributed by atoms with Crippen molar-refractivity contribution >= 4 is 44.0 Å². The molecule has 0 aliphatic carbocycles. The van der Waals surface area contributed by atoms with Gasteiger partial charge in [-0.25, -0.2) is 27.2 Å². The smallest absolute Gasteiger partial charge is 0.244 e. The highest BCUT2D eigenvalue weighted by molar-refractivity contribution is 7.90. The van der Waals surface area contributed by atoms with Crippen LogP contribution in [-0.4, -0.2) is 98.3 Å². The van der Waals surface area contributed by atoms with E-state index in [-0.39, 0.29) is 29.8 Å². The lowest BCUT2D eigenvalue weighted by Crippen LogP contribution is -2.54. The summed E-state index contributed by atoms with van der Waals surface area (Å²) in [5.41, 5.74) is 1.21. The fourth-order valence-electron chi connectivity index (χ4n) is 4.94. The lowest BCUT2D eigenvalue weighted by molar-refractivity contribution is -0.124. The monoisotopic (exact) mass is 599 g/mol. The van der Waals surface area contributed by atoms with Gasteiger partial charge in [0.1, 0.15) is 16.6 Å². The third kappa shape index (κ3) is 6.11. The molecular formula is C28H31F2N7O4S. The van der Waals surface area contributed by atoms with E-state index in [1.165, 1.54) is 12.1 Å². The number of methoxy groups -OCH3 is 1. The van der Waals surface area contributed by atoms with E-state index in [0.29, 0.717) is 22.2 Å². The first-order valence-corrected chi connectivity index (χ1v) is 15.1. The predicted molar refractivity (Wildman–Crippen MR) is 155 cm³/mol. The number of nitrogens with one attached hydrogen (secondary N) is 3. The number of ether oxygens (including phenoxy) is 1. The van der Waals surface area contributed by atoms with Crippen LogP contribution in [0.4, 0.5) is 26.1 Å². The molecule has 1 unspecified atom stereocenters. The van der Waals surface area contributed by atoms with Crippen molar-refractivity contribution < 1.29 is 26.7 Å². The molecule has 222 valence electrons. The molecule has 42 heavy (non-hydrogen) atoms. The number of hydrogen-bond donors (Lipinski definition) is 3. The number of likely N-dealkylation sites (N-methyl/N-ethyl adjacent to an activating group) is 1. The van der Waals surface area contributed by atoms with Crippen molar-refractivity contribution in [2.24, 2.45) is 0 Å². The highest BCUT2D eigenvalue weighted by Gasteiger charge is 2.29.